The Kier molecular flexibility index (Phi) is 5.66. The number of ether oxygens (including phenoxy) is 1. The maximum atomic E-state index is 6.20. The predicted octanol–water partition coefficient (Wildman–Crippen LogP) is 3.43. The minimum atomic E-state index is -0.00699. The normalized spacial score (nSPS) is 12.8. The summed E-state index contributed by atoms with van der Waals surface area (Å²) in [6.07, 6.45) is 2.27. The van der Waals surface area contributed by atoms with Crippen LogP contribution < -0.4 is 5.73 Å². The van der Waals surface area contributed by atoms with Crippen molar-refractivity contribution in [3.05, 3.63) is 34.4 Å². The van der Waals surface area contributed by atoms with E-state index in [9.17, 15) is 0 Å². The van der Waals surface area contributed by atoms with Crippen LogP contribution in [0.3, 0.4) is 0 Å². The van der Waals surface area contributed by atoms with Crippen LogP contribution >= 0.6 is 0 Å². The Morgan fingerprint density at radius 3 is 2.29 bits per heavy atom. The minimum Gasteiger partial charge on any atom is -0.379 e. The molecule has 0 aromatic heterocycles. The third-order valence-corrected chi connectivity index (χ3v) is 3.05. The van der Waals surface area contributed by atoms with Gasteiger partial charge < -0.3 is 10.5 Å². The van der Waals surface area contributed by atoms with E-state index in [2.05, 4.69) is 39.8 Å². The zero-order valence-corrected chi connectivity index (χ0v) is 11.5. The first-order chi connectivity index (χ1) is 8.06. The average Bonchev–Trinajstić information content (AvgIpc) is 2.23. The molecule has 0 aliphatic heterocycles. The Morgan fingerprint density at radius 1 is 1.18 bits per heavy atom. The molecule has 0 aliphatic carbocycles. The monoisotopic (exact) mass is 235 g/mol. The van der Waals surface area contributed by atoms with Gasteiger partial charge in [0.1, 0.15) is 0 Å². The first kappa shape index (κ1) is 14.2. The molecule has 1 unspecified atom stereocenters. The van der Waals surface area contributed by atoms with Crippen molar-refractivity contribution in [3.63, 3.8) is 0 Å². The van der Waals surface area contributed by atoms with E-state index in [-0.39, 0.29) is 6.04 Å². The van der Waals surface area contributed by atoms with Crippen LogP contribution in [0.1, 0.15) is 48.1 Å². The van der Waals surface area contributed by atoms with Crippen molar-refractivity contribution in [1.82, 2.24) is 0 Å². The van der Waals surface area contributed by atoms with E-state index in [1.807, 2.05) is 0 Å². The lowest BCUT2D eigenvalue weighted by molar-refractivity contribution is 0.118. The Bertz CT molecular complexity index is 337. The molecule has 1 rings (SSSR count). The highest BCUT2D eigenvalue weighted by atomic mass is 16.5. The molecule has 2 heteroatoms. The second kappa shape index (κ2) is 6.77. The molecule has 0 fully saturated rings. The summed E-state index contributed by atoms with van der Waals surface area (Å²) in [5.41, 5.74) is 11.3. The van der Waals surface area contributed by atoms with E-state index >= 15 is 0 Å². The molecular formula is C15H25NO. The third-order valence-electron chi connectivity index (χ3n) is 3.05. The van der Waals surface area contributed by atoms with Gasteiger partial charge in [-0.25, -0.2) is 0 Å². The van der Waals surface area contributed by atoms with Gasteiger partial charge >= 0.3 is 0 Å². The molecule has 0 aliphatic rings. The molecule has 17 heavy (non-hydrogen) atoms. The smallest absolute Gasteiger partial charge is 0.0659 e. The van der Waals surface area contributed by atoms with E-state index in [1.165, 1.54) is 22.3 Å². The molecular weight excluding hydrogens is 210 g/mol. The molecule has 0 saturated carbocycles. The average molecular weight is 235 g/mol. The second-order valence-electron chi connectivity index (χ2n) is 4.85. The molecule has 0 bridgehead atoms. The standard InChI is InChI=1S/C15H25NO/c1-5-6-7-17-10-14(16)15-12(3)8-11(2)9-13(15)4/h8-9,14H,5-7,10,16H2,1-4H3. The van der Waals surface area contributed by atoms with Crippen molar-refractivity contribution in [3.8, 4) is 0 Å². The van der Waals surface area contributed by atoms with Crippen LogP contribution in [-0.4, -0.2) is 13.2 Å². The zero-order chi connectivity index (χ0) is 12.8. The van der Waals surface area contributed by atoms with Crippen molar-refractivity contribution in [2.75, 3.05) is 13.2 Å². The summed E-state index contributed by atoms with van der Waals surface area (Å²) >= 11 is 0. The van der Waals surface area contributed by atoms with Crippen molar-refractivity contribution in [2.45, 2.75) is 46.6 Å². The van der Waals surface area contributed by atoms with Gasteiger partial charge in [0.2, 0.25) is 0 Å². The summed E-state index contributed by atoms with van der Waals surface area (Å²) in [4.78, 5) is 0. The Morgan fingerprint density at radius 2 is 1.76 bits per heavy atom. The number of nitrogens with two attached hydrogens (primary N) is 1. The van der Waals surface area contributed by atoms with Crippen LogP contribution in [0.15, 0.2) is 12.1 Å². The van der Waals surface area contributed by atoms with Crippen LogP contribution in [0.5, 0.6) is 0 Å². The number of aryl methyl sites for hydroxylation is 3. The first-order valence-corrected chi connectivity index (χ1v) is 6.47. The highest BCUT2D eigenvalue weighted by molar-refractivity contribution is 5.39. The van der Waals surface area contributed by atoms with Gasteiger partial charge in [0.15, 0.2) is 0 Å². The van der Waals surface area contributed by atoms with Gasteiger partial charge in [-0.3, -0.25) is 0 Å². The number of hydrogen-bond acceptors (Lipinski definition) is 2. The molecule has 1 aromatic carbocycles. The highest BCUT2D eigenvalue weighted by Crippen LogP contribution is 2.22. The minimum absolute atomic E-state index is 0.00699. The molecule has 2 nitrogen and oxygen atoms in total. The van der Waals surface area contributed by atoms with Crippen LogP contribution in [0.25, 0.3) is 0 Å². The highest BCUT2D eigenvalue weighted by Gasteiger charge is 2.12. The zero-order valence-electron chi connectivity index (χ0n) is 11.5. The molecule has 2 N–H and O–H groups in total. The van der Waals surface area contributed by atoms with E-state index in [1.54, 1.807) is 0 Å². The van der Waals surface area contributed by atoms with Crippen LogP contribution in [0.2, 0.25) is 0 Å². The SMILES string of the molecule is CCCCOCC(N)c1c(C)cc(C)cc1C. The summed E-state index contributed by atoms with van der Waals surface area (Å²) < 4.78 is 5.61. The molecule has 0 heterocycles. The summed E-state index contributed by atoms with van der Waals surface area (Å²) in [7, 11) is 0. The Hall–Kier alpha value is -0.860. The summed E-state index contributed by atoms with van der Waals surface area (Å²) in [6, 6.07) is 4.37. The fourth-order valence-corrected chi connectivity index (χ4v) is 2.32. The third kappa shape index (κ3) is 4.14. The first-order valence-electron chi connectivity index (χ1n) is 6.47. The second-order valence-corrected chi connectivity index (χ2v) is 4.85. The van der Waals surface area contributed by atoms with Gasteiger partial charge in [0, 0.05) is 6.61 Å². The largest absolute Gasteiger partial charge is 0.379 e. The van der Waals surface area contributed by atoms with Gasteiger partial charge in [0.05, 0.1) is 12.6 Å². The van der Waals surface area contributed by atoms with Gasteiger partial charge in [0.25, 0.3) is 0 Å². The van der Waals surface area contributed by atoms with Gasteiger partial charge in [-0.15, -0.1) is 0 Å². The molecule has 0 amide bonds. The lowest BCUT2D eigenvalue weighted by Crippen LogP contribution is -2.20. The van der Waals surface area contributed by atoms with Crippen molar-refractivity contribution >= 4 is 0 Å². The van der Waals surface area contributed by atoms with Crippen LogP contribution in [0, 0.1) is 20.8 Å². The van der Waals surface area contributed by atoms with E-state index < -0.39 is 0 Å². The van der Waals surface area contributed by atoms with Crippen LogP contribution in [0.4, 0.5) is 0 Å². The molecule has 0 spiro atoms. The summed E-state index contributed by atoms with van der Waals surface area (Å²) in [5.74, 6) is 0. The van der Waals surface area contributed by atoms with Crippen molar-refractivity contribution in [2.24, 2.45) is 5.73 Å². The fourth-order valence-electron chi connectivity index (χ4n) is 2.32. The maximum absolute atomic E-state index is 6.20. The maximum Gasteiger partial charge on any atom is 0.0659 e. The molecule has 0 radical (unpaired) electrons. The van der Waals surface area contributed by atoms with E-state index in [0.717, 1.165) is 19.4 Å². The number of benzene rings is 1. The summed E-state index contributed by atoms with van der Waals surface area (Å²) in [5, 5.41) is 0. The van der Waals surface area contributed by atoms with E-state index in [4.69, 9.17) is 10.5 Å². The molecule has 1 atom stereocenters. The lowest BCUT2D eigenvalue weighted by Gasteiger charge is -2.18. The van der Waals surface area contributed by atoms with Gasteiger partial charge in [-0.2, -0.15) is 0 Å². The van der Waals surface area contributed by atoms with Crippen LogP contribution in [-0.2, 0) is 4.74 Å². The molecule has 0 saturated heterocycles. The number of unbranched alkanes of at least 4 members (excludes halogenated alkanes) is 1. The lowest BCUT2D eigenvalue weighted by atomic mass is 9.95. The summed E-state index contributed by atoms with van der Waals surface area (Å²) in [6.45, 7) is 9.96. The Balaban J connectivity index is 2.65. The van der Waals surface area contributed by atoms with Gasteiger partial charge in [-0.1, -0.05) is 31.0 Å². The number of rotatable bonds is 6. The molecule has 96 valence electrons. The topological polar surface area (TPSA) is 35.2 Å². The number of hydrogen-bond donors (Lipinski definition) is 1. The Labute approximate surface area is 105 Å². The van der Waals surface area contributed by atoms with Crippen molar-refractivity contribution in [1.29, 1.82) is 0 Å². The molecule has 1 aromatic rings. The predicted molar refractivity (Wildman–Crippen MR) is 73.3 cm³/mol. The fraction of sp³-hybridized carbons (Fsp3) is 0.600. The quantitative estimate of drug-likeness (QED) is 0.767. The van der Waals surface area contributed by atoms with Gasteiger partial charge in [-0.05, 0) is 43.9 Å². The van der Waals surface area contributed by atoms with E-state index in [0.29, 0.717) is 6.61 Å². The van der Waals surface area contributed by atoms with Crippen molar-refractivity contribution < 1.29 is 4.74 Å².